The summed E-state index contributed by atoms with van der Waals surface area (Å²) < 4.78 is 11.2. The fourth-order valence-electron chi connectivity index (χ4n) is 1.44. The van der Waals surface area contributed by atoms with E-state index in [0.29, 0.717) is 6.42 Å². The maximum atomic E-state index is 9.34. The molecule has 0 amide bonds. The Labute approximate surface area is 98.1 Å². The maximum absolute atomic E-state index is 9.34. The second-order valence-corrected chi connectivity index (χ2v) is 4.12. The number of aliphatic hydroxyl groups excluding tert-OH is 1. The van der Waals surface area contributed by atoms with Gasteiger partial charge in [0.1, 0.15) is 16.0 Å². The molecule has 3 nitrogen and oxygen atoms in total. The summed E-state index contributed by atoms with van der Waals surface area (Å²) in [7, 11) is 3.21. The number of halogens is 1. The van der Waals surface area contributed by atoms with Crippen molar-refractivity contribution in [1.29, 1.82) is 0 Å². The van der Waals surface area contributed by atoms with Crippen LogP contribution in [0.25, 0.3) is 0 Å². The van der Waals surface area contributed by atoms with Gasteiger partial charge in [0.15, 0.2) is 0 Å². The average Bonchev–Trinajstić information content (AvgIpc) is 2.18. The lowest BCUT2D eigenvalue weighted by Gasteiger charge is -2.14. The van der Waals surface area contributed by atoms with Gasteiger partial charge in [-0.3, -0.25) is 0 Å². The third kappa shape index (κ3) is 2.86. The first-order valence-electron chi connectivity index (χ1n) is 4.67. The lowest BCUT2D eigenvalue weighted by molar-refractivity contribution is 0.194. The van der Waals surface area contributed by atoms with E-state index in [2.05, 4.69) is 15.9 Å². The zero-order chi connectivity index (χ0) is 11.4. The van der Waals surface area contributed by atoms with Crippen molar-refractivity contribution < 1.29 is 14.6 Å². The van der Waals surface area contributed by atoms with E-state index in [9.17, 15) is 5.11 Å². The largest absolute Gasteiger partial charge is 0.495 e. The number of hydrogen-bond donors (Lipinski definition) is 1. The van der Waals surface area contributed by atoms with Crippen LogP contribution in [0.4, 0.5) is 0 Å². The standard InChI is InChI=1S/C11H15BrO3/c1-7(13)6-8-4-5-9(14-2)10(12)11(8)15-3/h4-5,7,13H,6H2,1-3H3. The van der Waals surface area contributed by atoms with Gasteiger partial charge in [0.2, 0.25) is 0 Å². The lowest BCUT2D eigenvalue weighted by atomic mass is 10.1. The Kier molecular flexibility index (Phi) is 4.42. The Bertz CT molecular complexity index is 337. The van der Waals surface area contributed by atoms with Crippen LogP contribution in [-0.4, -0.2) is 25.4 Å². The summed E-state index contributed by atoms with van der Waals surface area (Å²) in [5, 5.41) is 9.34. The maximum Gasteiger partial charge on any atom is 0.140 e. The highest BCUT2D eigenvalue weighted by atomic mass is 79.9. The fraction of sp³-hybridized carbons (Fsp3) is 0.455. The van der Waals surface area contributed by atoms with Gasteiger partial charge >= 0.3 is 0 Å². The van der Waals surface area contributed by atoms with E-state index in [1.54, 1.807) is 21.1 Å². The summed E-state index contributed by atoms with van der Waals surface area (Å²) in [5.41, 5.74) is 0.958. The normalized spacial score (nSPS) is 12.3. The predicted molar refractivity (Wildman–Crippen MR) is 62.6 cm³/mol. The smallest absolute Gasteiger partial charge is 0.140 e. The molecule has 0 bridgehead atoms. The highest BCUT2D eigenvalue weighted by Gasteiger charge is 2.13. The molecule has 84 valence electrons. The van der Waals surface area contributed by atoms with E-state index in [1.165, 1.54) is 0 Å². The lowest BCUT2D eigenvalue weighted by Crippen LogP contribution is -2.06. The quantitative estimate of drug-likeness (QED) is 0.917. The number of rotatable bonds is 4. The minimum atomic E-state index is -0.390. The van der Waals surface area contributed by atoms with Gasteiger partial charge in [-0.1, -0.05) is 6.07 Å². The van der Waals surface area contributed by atoms with Gasteiger partial charge in [0.05, 0.1) is 20.3 Å². The molecule has 0 saturated heterocycles. The molecule has 0 aliphatic heterocycles. The summed E-state index contributed by atoms with van der Waals surface area (Å²) in [5.74, 6) is 1.44. The monoisotopic (exact) mass is 274 g/mol. The molecule has 0 saturated carbocycles. The third-order valence-corrected chi connectivity index (χ3v) is 2.83. The third-order valence-electron chi connectivity index (χ3n) is 2.08. The molecule has 0 aliphatic carbocycles. The van der Waals surface area contributed by atoms with Crippen molar-refractivity contribution in [1.82, 2.24) is 0 Å². The van der Waals surface area contributed by atoms with Crippen LogP contribution in [0.5, 0.6) is 11.5 Å². The summed E-state index contributed by atoms with van der Waals surface area (Å²) in [6.07, 6.45) is 0.172. The van der Waals surface area contributed by atoms with Crippen LogP contribution in [-0.2, 0) is 6.42 Å². The van der Waals surface area contributed by atoms with Crippen LogP contribution in [0.15, 0.2) is 16.6 Å². The van der Waals surface area contributed by atoms with E-state index in [4.69, 9.17) is 9.47 Å². The highest BCUT2D eigenvalue weighted by molar-refractivity contribution is 9.10. The molecule has 1 aromatic rings. The zero-order valence-electron chi connectivity index (χ0n) is 9.08. The second kappa shape index (κ2) is 5.37. The van der Waals surface area contributed by atoms with Gasteiger partial charge in [0.25, 0.3) is 0 Å². The molecule has 0 heterocycles. The molecule has 1 atom stereocenters. The topological polar surface area (TPSA) is 38.7 Å². The Balaban J connectivity index is 3.12. The molecular formula is C11H15BrO3. The van der Waals surface area contributed by atoms with Crippen molar-refractivity contribution in [2.24, 2.45) is 0 Å². The van der Waals surface area contributed by atoms with Crippen molar-refractivity contribution in [3.63, 3.8) is 0 Å². The van der Waals surface area contributed by atoms with Crippen LogP contribution >= 0.6 is 15.9 Å². The van der Waals surface area contributed by atoms with Crippen molar-refractivity contribution in [3.8, 4) is 11.5 Å². The van der Waals surface area contributed by atoms with Crippen LogP contribution in [0.2, 0.25) is 0 Å². The van der Waals surface area contributed by atoms with E-state index in [-0.39, 0.29) is 6.10 Å². The Morgan fingerprint density at radius 1 is 1.33 bits per heavy atom. The molecule has 0 aliphatic rings. The average molecular weight is 275 g/mol. The molecule has 1 N–H and O–H groups in total. The molecular weight excluding hydrogens is 260 g/mol. The van der Waals surface area contributed by atoms with Gasteiger partial charge in [-0.05, 0) is 34.5 Å². The first kappa shape index (κ1) is 12.3. The first-order valence-corrected chi connectivity index (χ1v) is 5.46. The van der Waals surface area contributed by atoms with Gasteiger partial charge < -0.3 is 14.6 Å². The molecule has 15 heavy (non-hydrogen) atoms. The Hall–Kier alpha value is -0.740. The van der Waals surface area contributed by atoms with Crippen molar-refractivity contribution in [2.45, 2.75) is 19.4 Å². The minimum Gasteiger partial charge on any atom is -0.495 e. The van der Waals surface area contributed by atoms with Gasteiger partial charge in [-0.2, -0.15) is 0 Å². The summed E-state index contributed by atoms with van der Waals surface area (Å²) >= 11 is 3.41. The predicted octanol–water partition coefficient (Wildman–Crippen LogP) is 2.39. The van der Waals surface area contributed by atoms with Crippen molar-refractivity contribution >= 4 is 15.9 Å². The molecule has 1 unspecified atom stereocenters. The number of hydrogen-bond acceptors (Lipinski definition) is 3. The first-order chi connectivity index (χ1) is 7.10. The molecule has 1 aromatic carbocycles. The van der Waals surface area contributed by atoms with Gasteiger partial charge in [-0.25, -0.2) is 0 Å². The Morgan fingerprint density at radius 3 is 2.47 bits per heavy atom. The molecule has 4 heteroatoms. The van der Waals surface area contributed by atoms with Gasteiger partial charge in [0, 0.05) is 6.42 Å². The van der Waals surface area contributed by atoms with E-state index < -0.39 is 0 Å². The number of aliphatic hydroxyl groups is 1. The molecule has 0 aromatic heterocycles. The molecule has 0 fully saturated rings. The molecule has 0 radical (unpaired) electrons. The summed E-state index contributed by atoms with van der Waals surface area (Å²) in [4.78, 5) is 0. The van der Waals surface area contributed by atoms with E-state index >= 15 is 0 Å². The molecule has 1 rings (SSSR count). The summed E-state index contributed by atoms with van der Waals surface area (Å²) in [6, 6.07) is 3.75. The highest BCUT2D eigenvalue weighted by Crippen LogP contribution is 2.37. The van der Waals surface area contributed by atoms with Crippen LogP contribution in [0.3, 0.4) is 0 Å². The summed E-state index contributed by atoms with van der Waals surface area (Å²) in [6.45, 7) is 1.75. The number of methoxy groups -OCH3 is 2. The van der Waals surface area contributed by atoms with Crippen LogP contribution in [0, 0.1) is 0 Å². The van der Waals surface area contributed by atoms with Crippen molar-refractivity contribution in [2.75, 3.05) is 14.2 Å². The number of benzene rings is 1. The van der Waals surface area contributed by atoms with Crippen LogP contribution in [0.1, 0.15) is 12.5 Å². The number of ether oxygens (including phenoxy) is 2. The SMILES string of the molecule is COc1ccc(CC(C)O)c(OC)c1Br. The van der Waals surface area contributed by atoms with E-state index in [0.717, 1.165) is 21.5 Å². The zero-order valence-corrected chi connectivity index (χ0v) is 10.7. The van der Waals surface area contributed by atoms with Gasteiger partial charge in [-0.15, -0.1) is 0 Å². The Morgan fingerprint density at radius 2 is 2.00 bits per heavy atom. The van der Waals surface area contributed by atoms with Crippen LogP contribution < -0.4 is 9.47 Å². The fourth-order valence-corrected chi connectivity index (χ4v) is 2.15. The minimum absolute atomic E-state index is 0.390. The van der Waals surface area contributed by atoms with E-state index in [1.807, 2.05) is 12.1 Å². The second-order valence-electron chi connectivity index (χ2n) is 3.33. The van der Waals surface area contributed by atoms with Crippen molar-refractivity contribution in [3.05, 3.63) is 22.2 Å². The molecule has 0 spiro atoms.